The maximum atomic E-state index is 12.9. The third-order valence-corrected chi connectivity index (χ3v) is 8.54. The molecule has 42 heavy (non-hydrogen) atoms. The molecule has 218 valence electrons. The first kappa shape index (κ1) is 27.9. The average Bonchev–Trinajstić information content (AvgIpc) is 3.40. The Hall–Kier alpha value is -4.21. The lowest BCUT2D eigenvalue weighted by molar-refractivity contribution is -0.139. The molecule has 2 amide bonds. The van der Waals surface area contributed by atoms with Crippen molar-refractivity contribution in [3.63, 3.8) is 0 Å². The van der Waals surface area contributed by atoms with Crippen molar-refractivity contribution in [3.05, 3.63) is 89.0 Å². The topological polar surface area (TPSA) is 108 Å². The van der Waals surface area contributed by atoms with E-state index in [1.165, 1.54) is 11.1 Å². The molecular formula is C33H35N3O6. The van der Waals surface area contributed by atoms with E-state index < -0.39 is 18.1 Å². The lowest BCUT2D eigenvalue weighted by atomic mass is 10.0. The van der Waals surface area contributed by atoms with Crippen LogP contribution in [0, 0.1) is 0 Å². The van der Waals surface area contributed by atoms with E-state index in [1.807, 2.05) is 36.4 Å². The summed E-state index contributed by atoms with van der Waals surface area (Å²) < 4.78 is 10.9. The van der Waals surface area contributed by atoms with Gasteiger partial charge in [0, 0.05) is 44.5 Å². The van der Waals surface area contributed by atoms with Gasteiger partial charge >= 0.3 is 12.1 Å². The van der Waals surface area contributed by atoms with Crippen LogP contribution >= 0.6 is 0 Å². The summed E-state index contributed by atoms with van der Waals surface area (Å²) in [5, 5.41) is 12.3. The largest absolute Gasteiger partial charge is 0.480 e. The lowest BCUT2D eigenvalue weighted by Gasteiger charge is -2.40. The van der Waals surface area contributed by atoms with E-state index in [0.29, 0.717) is 19.1 Å². The van der Waals surface area contributed by atoms with Crippen molar-refractivity contribution in [2.75, 3.05) is 37.7 Å². The monoisotopic (exact) mass is 569 g/mol. The van der Waals surface area contributed by atoms with Gasteiger partial charge in [0.15, 0.2) is 0 Å². The van der Waals surface area contributed by atoms with Crippen molar-refractivity contribution in [1.82, 2.24) is 10.2 Å². The number of alkyl carbamates (subject to hydrolysis) is 1. The van der Waals surface area contributed by atoms with Gasteiger partial charge in [0.25, 0.3) is 0 Å². The summed E-state index contributed by atoms with van der Waals surface area (Å²) in [6.07, 6.45) is 2.00. The summed E-state index contributed by atoms with van der Waals surface area (Å²) in [6.45, 7) is 3.35. The SMILES string of the molecule is O=C(N[C@@H](Cc1ccc(N2CCN(C3CCOCC3)CC2=O)cc1)C(=O)O)OCc1cccc2c1Cc1ccccc1-2. The van der Waals surface area contributed by atoms with Gasteiger partial charge in [-0.1, -0.05) is 54.6 Å². The number of piperazine rings is 1. The summed E-state index contributed by atoms with van der Waals surface area (Å²) in [5.41, 5.74) is 7.13. The maximum absolute atomic E-state index is 12.9. The molecule has 9 nitrogen and oxygen atoms in total. The van der Waals surface area contributed by atoms with Crippen LogP contribution in [0.4, 0.5) is 10.5 Å². The Kier molecular flexibility index (Phi) is 8.21. The molecule has 2 aliphatic heterocycles. The van der Waals surface area contributed by atoms with Crippen LogP contribution in [0.1, 0.15) is 35.1 Å². The van der Waals surface area contributed by atoms with Crippen LogP contribution in [0.15, 0.2) is 66.7 Å². The highest BCUT2D eigenvalue weighted by Gasteiger charge is 2.31. The molecule has 0 bridgehead atoms. The molecule has 2 saturated heterocycles. The molecule has 9 heteroatoms. The number of hydrogen-bond acceptors (Lipinski definition) is 6. The highest BCUT2D eigenvalue weighted by molar-refractivity contribution is 5.95. The second-order valence-electron chi connectivity index (χ2n) is 11.1. The highest BCUT2D eigenvalue weighted by atomic mass is 16.5. The van der Waals surface area contributed by atoms with Crippen molar-refractivity contribution >= 4 is 23.7 Å². The first-order valence-corrected chi connectivity index (χ1v) is 14.5. The van der Waals surface area contributed by atoms with Crippen molar-refractivity contribution in [1.29, 1.82) is 0 Å². The van der Waals surface area contributed by atoms with E-state index in [1.54, 1.807) is 17.0 Å². The van der Waals surface area contributed by atoms with Gasteiger partial charge in [0.2, 0.25) is 5.91 Å². The molecule has 0 radical (unpaired) electrons. The van der Waals surface area contributed by atoms with Crippen molar-refractivity contribution in [3.8, 4) is 11.1 Å². The third-order valence-electron chi connectivity index (χ3n) is 8.54. The second kappa shape index (κ2) is 12.3. The molecule has 0 unspecified atom stereocenters. The second-order valence-corrected chi connectivity index (χ2v) is 11.1. The summed E-state index contributed by atoms with van der Waals surface area (Å²) in [4.78, 5) is 41.6. The van der Waals surface area contributed by atoms with Gasteiger partial charge in [0.1, 0.15) is 12.6 Å². The standard InChI is InChI=1S/C33H35N3O6/c37-31-20-35(25-12-16-41-17-13-25)14-15-36(31)26-10-8-22(9-11-26)18-30(32(38)39)34-33(40)42-21-24-5-3-7-28-27-6-2-1-4-23(27)19-29(24)28/h1-11,25,30H,12-21H2,(H,34,40)(H,38,39)/t30-/m0/s1. The maximum Gasteiger partial charge on any atom is 0.408 e. The molecule has 3 aromatic carbocycles. The molecule has 0 spiro atoms. The van der Waals surface area contributed by atoms with Gasteiger partial charge < -0.3 is 24.8 Å². The average molecular weight is 570 g/mol. The van der Waals surface area contributed by atoms with Crippen LogP contribution in [0.5, 0.6) is 0 Å². The Bertz CT molecular complexity index is 1470. The van der Waals surface area contributed by atoms with E-state index in [4.69, 9.17) is 9.47 Å². The fraction of sp³-hybridized carbons (Fsp3) is 0.364. The minimum absolute atomic E-state index is 0.0554. The molecule has 6 rings (SSSR count). The highest BCUT2D eigenvalue weighted by Crippen LogP contribution is 2.38. The minimum Gasteiger partial charge on any atom is -0.480 e. The number of carboxylic acid groups (broad SMARTS) is 1. The number of nitrogens with zero attached hydrogens (tertiary/aromatic N) is 2. The van der Waals surface area contributed by atoms with E-state index in [0.717, 1.165) is 67.0 Å². The molecular weight excluding hydrogens is 534 g/mol. The van der Waals surface area contributed by atoms with Gasteiger partial charge in [-0.3, -0.25) is 9.69 Å². The van der Waals surface area contributed by atoms with E-state index >= 15 is 0 Å². The Morgan fingerprint density at radius 2 is 1.74 bits per heavy atom. The first-order chi connectivity index (χ1) is 20.5. The predicted molar refractivity (Wildman–Crippen MR) is 157 cm³/mol. The number of carboxylic acids is 1. The zero-order valence-corrected chi connectivity index (χ0v) is 23.5. The fourth-order valence-electron chi connectivity index (χ4n) is 6.26. The van der Waals surface area contributed by atoms with Crippen molar-refractivity contribution < 1.29 is 29.0 Å². The van der Waals surface area contributed by atoms with Gasteiger partial charge in [0.05, 0.1) is 6.54 Å². The number of rotatable bonds is 8. The molecule has 2 N–H and O–H groups in total. The van der Waals surface area contributed by atoms with E-state index in [2.05, 4.69) is 28.4 Å². The van der Waals surface area contributed by atoms with Gasteiger partial charge in [-0.15, -0.1) is 0 Å². The molecule has 3 aliphatic rings. The number of benzene rings is 3. The summed E-state index contributed by atoms with van der Waals surface area (Å²) in [6, 6.07) is 20.7. The Morgan fingerprint density at radius 1 is 0.976 bits per heavy atom. The number of carbonyl (C=O) groups excluding carboxylic acids is 2. The third kappa shape index (κ3) is 6.03. The number of carbonyl (C=O) groups is 3. The first-order valence-electron chi connectivity index (χ1n) is 14.5. The molecule has 3 aromatic rings. The number of anilines is 1. The zero-order valence-electron chi connectivity index (χ0n) is 23.5. The number of hydrogen-bond donors (Lipinski definition) is 2. The van der Waals surface area contributed by atoms with Crippen molar-refractivity contribution in [2.24, 2.45) is 0 Å². The smallest absolute Gasteiger partial charge is 0.408 e. The lowest BCUT2D eigenvalue weighted by Crippen LogP contribution is -2.54. The van der Waals surface area contributed by atoms with E-state index in [9.17, 15) is 19.5 Å². The zero-order chi connectivity index (χ0) is 29.1. The Labute approximate surface area is 245 Å². The molecule has 2 heterocycles. The van der Waals surface area contributed by atoms with Crippen LogP contribution in [0.25, 0.3) is 11.1 Å². The van der Waals surface area contributed by atoms with Crippen LogP contribution in [-0.4, -0.2) is 72.9 Å². The van der Waals surface area contributed by atoms with Crippen molar-refractivity contribution in [2.45, 2.75) is 44.4 Å². The van der Waals surface area contributed by atoms with Crippen LogP contribution in [0.2, 0.25) is 0 Å². The van der Waals surface area contributed by atoms with E-state index in [-0.39, 0.29) is 18.9 Å². The number of ether oxygens (including phenoxy) is 2. The fourth-order valence-corrected chi connectivity index (χ4v) is 6.26. The van der Waals surface area contributed by atoms with Gasteiger partial charge in [-0.25, -0.2) is 9.59 Å². The summed E-state index contributed by atoms with van der Waals surface area (Å²) in [7, 11) is 0. The van der Waals surface area contributed by atoms with Crippen LogP contribution < -0.4 is 10.2 Å². The van der Waals surface area contributed by atoms with Gasteiger partial charge in [-0.05, 0) is 64.8 Å². The minimum atomic E-state index is -1.15. The summed E-state index contributed by atoms with van der Waals surface area (Å²) in [5.74, 6) is -1.09. The Morgan fingerprint density at radius 3 is 2.50 bits per heavy atom. The molecule has 0 aromatic heterocycles. The Balaban J connectivity index is 1.02. The molecule has 1 aliphatic carbocycles. The number of nitrogens with one attached hydrogen (secondary N) is 1. The number of amides is 2. The quantitative estimate of drug-likeness (QED) is 0.330. The van der Waals surface area contributed by atoms with Crippen LogP contribution in [0.3, 0.4) is 0 Å². The molecule has 1 atom stereocenters. The normalized spacial score (nSPS) is 17.8. The number of aliphatic carboxylic acids is 1. The van der Waals surface area contributed by atoms with Crippen LogP contribution in [-0.2, 0) is 38.5 Å². The molecule has 2 fully saturated rings. The summed E-state index contributed by atoms with van der Waals surface area (Å²) >= 11 is 0. The molecule has 0 saturated carbocycles. The van der Waals surface area contributed by atoms with Gasteiger partial charge in [-0.2, -0.15) is 0 Å². The predicted octanol–water partition coefficient (Wildman–Crippen LogP) is 4.01. The number of fused-ring (bicyclic) bond motifs is 3.